The highest BCUT2D eigenvalue weighted by Crippen LogP contribution is 2.36. The van der Waals surface area contributed by atoms with Crippen LogP contribution in [0.5, 0.6) is 0 Å². The monoisotopic (exact) mass is 304 g/mol. The van der Waals surface area contributed by atoms with E-state index in [0.717, 1.165) is 22.2 Å². The third kappa shape index (κ3) is 2.67. The number of aliphatic hydroxyl groups is 2. The van der Waals surface area contributed by atoms with E-state index in [4.69, 9.17) is 0 Å². The lowest BCUT2D eigenvalue weighted by atomic mass is 9.83. The van der Waals surface area contributed by atoms with Crippen molar-refractivity contribution >= 4 is 27.3 Å². The van der Waals surface area contributed by atoms with Gasteiger partial charge in [-0.1, -0.05) is 19.3 Å². The minimum atomic E-state index is -0.738. The molecule has 2 nitrogen and oxygen atoms in total. The minimum Gasteiger partial charge on any atom is -0.390 e. The average molecular weight is 305 g/mol. The number of halogens is 1. The summed E-state index contributed by atoms with van der Waals surface area (Å²) in [6, 6.07) is 1.91. The van der Waals surface area contributed by atoms with E-state index in [9.17, 15) is 10.2 Å². The molecule has 2 rings (SSSR count). The van der Waals surface area contributed by atoms with Crippen molar-refractivity contribution in [3.8, 4) is 0 Å². The molecule has 0 aromatic carbocycles. The van der Waals surface area contributed by atoms with Crippen LogP contribution in [-0.2, 0) is 0 Å². The minimum absolute atomic E-state index is 0.262. The Bertz CT molecular complexity index is 334. The Balaban J connectivity index is 2.03. The summed E-state index contributed by atoms with van der Waals surface area (Å²) in [7, 11) is 0. The Morgan fingerprint density at radius 3 is 2.50 bits per heavy atom. The van der Waals surface area contributed by atoms with Gasteiger partial charge in [0.25, 0.3) is 0 Å². The maximum absolute atomic E-state index is 10.2. The summed E-state index contributed by atoms with van der Waals surface area (Å²) >= 11 is 4.89. The maximum atomic E-state index is 10.2. The van der Waals surface area contributed by atoms with E-state index in [1.54, 1.807) is 0 Å². The molecule has 1 aromatic rings. The summed E-state index contributed by atoms with van der Waals surface area (Å²) in [6.07, 6.45) is 4.36. The molecular weight excluding hydrogens is 288 g/mol. The van der Waals surface area contributed by atoms with Crippen LogP contribution in [-0.4, -0.2) is 16.3 Å². The van der Waals surface area contributed by atoms with Crippen LogP contribution in [0.3, 0.4) is 0 Å². The molecule has 0 aliphatic heterocycles. The molecule has 0 saturated heterocycles. The summed E-state index contributed by atoms with van der Waals surface area (Å²) in [6.45, 7) is 0. The average Bonchev–Trinajstić information content (AvgIpc) is 2.75. The van der Waals surface area contributed by atoms with E-state index in [1.807, 2.05) is 11.4 Å². The van der Waals surface area contributed by atoms with Crippen molar-refractivity contribution in [2.24, 2.45) is 5.92 Å². The molecule has 1 aliphatic rings. The fourth-order valence-electron chi connectivity index (χ4n) is 2.41. The third-order valence-electron chi connectivity index (χ3n) is 3.37. The van der Waals surface area contributed by atoms with E-state index < -0.39 is 12.2 Å². The normalized spacial score (nSPS) is 21.9. The lowest BCUT2D eigenvalue weighted by Gasteiger charge is -2.29. The van der Waals surface area contributed by atoms with Gasteiger partial charge in [-0.25, -0.2) is 0 Å². The molecular formula is C12H17BrO2S. The number of hydrogen-bond donors (Lipinski definition) is 2. The van der Waals surface area contributed by atoms with Crippen LogP contribution in [0.4, 0.5) is 0 Å². The maximum Gasteiger partial charge on any atom is 0.115 e. The van der Waals surface area contributed by atoms with Gasteiger partial charge in [0, 0.05) is 9.35 Å². The van der Waals surface area contributed by atoms with Crippen LogP contribution in [0.2, 0.25) is 0 Å². The molecule has 2 unspecified atom stereocenters. The predicted octanol–water partition coefficient (Wildman–Crippen LogP) is 3.49. The zero-order valence-electron chi connectivity index (χ0n) is 9.10. The van der Waals surface area contributed by atoms with Crippen LogP contribution in [0.1, 0.15) is 43.1 Å². The highest BCUT2D eigenvalue weighted by Gasteiger charge is 2.30. The largest absolute Gasteiger partial charge is 0.390 e. The van der Waals surface area contributed by atoms with Gasteiger partial charge in [0.15, 0.2) is 0 Å². The molecule has 1 fully saturated rings. The number of rotatable bonds is 3. The summed E-state index contributed by atoms with van der Waals surface area (Å²) in [5, 5.41) is 22.2. The van der Waals surface area contributed by atoms with E-state index in [1.165, 1.54) is 30.6 Å². The fourth-order valence-corrected chi connectivity index (χ4v) is 4.04. The van der Waals surface area contributed by atoms with Crippen molar-refractivity contribution < 1.29 is 10.2 Å². The third-order valence-corrected chi connectivity index (χ3v) is 5.31. The van der Waals surface area contributed by atoms with Gasteiger partial charge in [0.1, 0.15) is 6.10 Å². The first-order valence-electron chi connectivity index (χ1n) is 5.79. The molecule has 90 valence electrons. The topological polar surface area (TPSA) is 40.5 Å². The Morgan fingerprint density at radius 1 is 1.25 bits per heavy atom. The second-order valence-electron chi connectivity index (χ2n) is 4.47. The van der Waals surface area contributed by atoms with E-state index in [2.05, 4.69) is 15.9 Å². The van der Waals surface area contributed by atoms with Gasteiger partial charge in [-0.3, -0.25) is 0 Å². The van der Waals surface area contributed by atoms with Crippen molar-refractivity contribution in [1.82, 2.24) is 0 Å². The zero-order valence-corrected chi connectivity index (χ0v) is 11.5. The van der Waals surface area contributed by atoms with Crippen molar-refractivity contribution in [1.29, 1.82) is 0 Å². The lowest BCUT2D eigenvalue weighted by Crippen LogP contribution is -2.29. The first kappa shape index (κ1) is 12.6. The number of aliphatic hydroxyl groups excluding tert-OH is 2. The molecule has 2 N–H and O–H groups in total. The molecule has 2 atom stereocenters. The number of thiophene rings is 1. The van der Waals surface area contributed by atoms with Crippen molar-refractivity contribution in [2.75, 3.05) is 0 Å². The number of hydrogen-bond acceptors (Lipinski definition) is 3. The lowest BCUT2D eigenvalue weighted by molar-refractivity contribution is -0.0271. The zero-order chi connectivity index (χ0) is 11.5. The Kier molecular flexibility index (Phi) is 4.41. The molecule has 16 heavy (non-hydrogen) atoms. The van der Waals surface area contributed by atoms with Gasteiger partial charge in [-0.05, 0) is 46.1 Å². The van der Waals surface area contributed by atoms with Gasteiger partial charge in [0.2, 0.25) is 0 Å². The van der Waals surface area contributed by atoms with Crippen LogP contribution in [0, 0.1) is 5.92 Å². The highest BCUT2D eigenvalue weighted by molar-refractivity contribution is 9.10. The molecule has 0 spiro atoms. The quantitative estimate of drug-likeness (QED) is 0.897. The van der Waals surface area contributed by atoms with Gasteiger partial charge < -0.3 is 10.2 Å². The molecule has 4 heteroatoms. The summed E-state index contributed by atoms with van der Waals surface area (Å²) in [5.74, 6) is 0.262. The Morgan fingerprint density at radius 2 is 1.94 bits per heavy atom. The molecule has 1 aliphatic carbocycles. The van der Waals surface area contributed by atoms with Gasteiger partial charge in [-0.2, -0.15) is 0 Å². The smallest absolute Gasteiger partial charge is 0.115 e. The molecule has 1 saturated carbocycles. The standard InChI is InChI=1S/C12H17BrO2S/c13-9-6-7-16-12(9)11(15)10(14)8-4-2-1-3-5-8/h6-8,10-11,14-15H,1-5H2. The van der Waals surface area contributed by atoms with Crippen LogP contribution in [0.25, 0.3) is 0 Å². The second kappa shape index (κ2) is 5.63. The fraction of sp³-hybridized carbons (Fsp3) is 0.667. The summed E-state index contributed by atoms with van der Waals surface area (Å²) in [5.41, 5.74) is 0. The van der Waals surface area contributed by atoms with Crippen LogP contribution < -0.4 is 0 Å². The molecule has 0 amide bonds. The Hall–Kier alpha value is 0.1000. The second-order valence-corrected chi connectivity index (χ2v) is 6.27. The van der Waals surface area contributed by atoms with E-state index >= 15 is 0 Å². The molecule has 1 heterocycles. The van der Waals surface area contributed by atoms with Crippen LogP contribution in [0.15, 0.2) is 15.9 Å². The molecule has 0 bridgehead atoms. The summed E-state index contributed by atoms with van der Waals surface area (Å²) < 4.78 is 0.903. The SMILES string of the molecule is OC(c1sccc1Br)C(O)C1CCCCC1. The van der Waals surface area contributed by atoms with Crippen LogP contribution >= 0.6 is 27.3 Å². The molecule has 1 aromatic heterocycles. The molecule has 0 radical (unpaired) electrons. The van der Waals surface area contributed by atoms with Crippen molar-refractivity contribution in [3.63, 3.8) is 0 Å². The summed E-state index contributed by atoms with van der Waals surface area (Å²) in [4.78, 5) is 0.845. The highest BCUT2D eigenvalue weighted by atomic mass is 79.9. The Labute approximate surface area is 108 Å². The van der Waals surface area contributed by atoms with Gasteiger partial charge in [0.05, 0.1) is 6.10 Å². The van der Waals surface area contributed by atoms with E-state index in [0.29, 0.717) is 0 Å². The van der Waals surface area contributed by atoms with Crippen molar-refractivity contribution in [3.05, 3.63) is 20.8 Å². The predicted molar refractivity (Wildman–Crippen MR) is 69.6 cm³/mol. The van der Waals surface area contributed by atoms with Gasteiger partial charge >= 0.3 is 0 Å². The first-order chi connectivity index (χ1) is 7.70. The van der Waals surface area contributed by atoms with Gasteiger partial charge in [-0.15, -0.1) is 11.3 Å². The first-order valence-corrected chi connectivity index (χ1v) is 7.46. The van der Waals surface area contributed by atoms with E-state index in [-0.39, 0.29) is 5.92 Å². The van der Waals surface area contributed by atoms with Crippen molar-refractivity contribution in [2.45, 2.75) is 44.3 Å².